The molecule has 1 aromatic heterocycles. The number of urea groups is 1. The van der Waals surface area contributed by atoms with Crippen LogP contribution in [-0.4, -0.2) is 22.4 Å². The van der Waals surface area contributed by atoms with E-state index in [9.17, 15) is 4.79 Å². The first-order chi connectivity index (χ1) is 12.2. The average molecular weight is 336 g/mol. The molecule has 0 fully saturated rings. The highest BCUT2D eigenvalue weighted by Crippen LogP contribution is 2.22. The van der Waals surface area contributed by atoms with Crippen molar-refractivity contribution in [2.45, 2.75) is 6.92 Å². The Morgan fingerprint density at radius 2 is 1.80 bits per heavy atom. The number of carbonyl (C=O) groups excluding carboxylic acids is 1. The molecular formula is C19H20N4O2. The number of ether oxygens (including phenoxy) is 1. The number of hydrogen-bond donors (Lipinski definition) is 2. The third-order valence-electron chi connectivity index (χ3n) is 3.61. The number of aryl methyl sites for hydroxylation is 1. The van der Waals surface area contributed by atoms with E-state index in [4.69, 9.17) is 4.74 Å². The second-order valence-electron chi connectivity index (χ2n) is 5.44. The van der Waals surface area contributed by atoms with Crippen molar-refractivity contribution in [1.82, 2.24) is 9.78 Å². The molecule has 0 aliphatic carbocycles. The Bertz CT molecular complexity index is 842. The summed E-state index contributed by atoms with van der Waals surface area (Å²) < 4.78 is 7.12. The number of anilines is 2. The second-order valence-corrected chi connectivity index (χ2v) is 5.44. The van der Waals surface area contributed by atoms with Crippen LogP contribution >= 0.6 is 0 Å². The van der Waals surface area contributed by atoms with Crippen molar-refractivity contribution in [3.63, 3.8) is 0 Å². The molecule has 0 saturated heterocycles. The molecule has 0 atom stereocenters. The second kappa shape index (κ2) is 7.53. The van der Waals surface area contributed by atoms with Gasteiger partial charge in [-0.25, -0.2) is 4.79 Å². The number of hydrogen-bond acceptors (Lipinski definition) is 3. The lowest BCUT2D eigenvalue weighted by atomic mass is 10.1. The number of carbonyl (C=O) groups is 1. The van der Waals surface area contributed by atoms with E-state index in [1.54, 1.807) is 16.8 Å². The van der Waals surface area contributed by atoms with Gasteiger partial charge >= 0.3 is 6.03 Å². The Hall–Kier alpha value is -3.28. The minimum Gasteiger partial charge on any atom is -0.494 e. The van der Waals surface area contributed by atoms with Crippen LogP contribution in [0.4, 0.5) is 16.3 Å². The average Bonchev–Trinajstić information content (AvgIpc) is 2.98. The van der Waals surface area contributed by atoms with Crippen LogP contribution in [0.15, 0.2) is 60.7 Å². The van der Waals surface area contributed by atoms with Crippen molar-refractivity contribution in [3.8, 4) is 17.0 Å². The van der Waals surface area contributed by atoms with Crippen molar-refractivity contribution < 1.29 is 9.53 Å². The van der Waals surface area contributed by atoms with E-state index in [1.807, 2.05) is 62.5 Å². The summed E-state index contributed by atoms with van der Waals surface area (Å²) in [5.41, 5.74) is 2.65. The minimum absolute atomic E-state index is 0.345. The van der Waals surface area contributed by atoms with E-state index in [0.717, 1.165) is 17.0 Å². The molecule has 0 radical (unpaired) electrons. The Morgan fingerprint density at radius 3 is 2.48 bits per heavy atom. The molecule has 0 aliphatic heterocycles. The molecule has 6 nitrogen and oxygen atoms in total. The van der Waals surface area contributed by atoms with Crippen LogP contribution in [0.3, 0.4) is 0 Å². The quantitative estimate of drug-likeness (QED) is 0.736. The molecule has 3 aromatic rings. The van der Waals surface area contributed by atoms with Crippen LogP contribution in [0.2, 0.25) is 0 Å². The lowest BCUT2D eigenvalue weighted by molar-refractivity contribution is 0.262. The van der Waals surface area contributed by atoms with E-state index in [2.05, 4.69) is 15.7 Å². The lowest BCUT2D eigenvalue weighted by Gasteiger charge is -2.07. The summed E-state index contributed by atoms with van der Waals surface area (Å²) in [6, 6.07) is 18.6. The van der Waals surface area contributed by atoms with Crippen molar-refractivity contribution in [2.24, 2.45) is 7.05 Å². The molecule has 0 unspecified atom stereocenters. The summed E-state index contributed by atoms with van der Waals surface area (Å²) in [6.45, 7) is 2.53. The number of rotatable bonds is 5. The first kappa shape index (κ1) is 16.6. The molecule has 0 aliphatic rings. The van der Waals surface area contributed by atoms with Crippen LogP contribution in [0.1, 0.15) is 6.92 Å². The maximum Gasteiger partial charge on any atom is 0.324 e. The summed E-state index contributed by atoms with van der Waals surface area (Å²) in [5.74, 6) is 1.26. The van der Waals surface area contributed by atoms with Crippen molar-refractivity contribution in [1.29, 1.82) is 0 Å². The summed E-state index contributed by atoms with van der Waals surface area (Å²) in [7, 11) is 1.85. The fraction of sp³-hybridized carbons (Fsp3) is 0.158. The maximum absolute atomic E-state index is 12.1. The van der Waals surface area contributed by atoms with Crippen LogP contribution < -0.4 is 15.4 Å². The van der Waals surface area contributed by atoms with Gasteiger partial charge in [-0.05, 0) is 36.8 Å². The highest BCUT2D eigenvalue weighted by Gasteiger charge is 2.10. The molecule has 6 heteroatoms. The molecule has 2 N–H and O–H groups in total. The Balaban J connectivity index is 1.65. The first-order valence-electron chi connectivity index (χ1n) is 8.06. The molecule has 25 heavy (non-hydrogen) atoms. The van der Waals surface area contributed by atoms with Crippen LogP contribution in [-0.2, 0) is 7.05 Å². The van der Waals surface area contributed by atoms with Crippen molar-refractivity contribution in [3.05, 3.63) is 60.7 Å². The Kier molecular flexibility index (Phi) is 4.99. The SMILES string of the molecule is CCOc1ccc(NC(=O)Nc2cc(-c3ccccc3)n(C)n2)cc1. The van der Waals surface area contributed by atoms with Gasteiger partial charge in [-0.15, -0.1) is 0 Å². The molecule has 0 bridgehead atoms. The number of aromatic nitrogens is 2. The van der Waals surface area contributed by atoms with Gasteiger partial charge in [0.15, 0.2) is 5.82 Å². The highest BCUT2D eigenvalue weighted by atomic mass is 16.5. The zero-order chi connectivity index (χ0) is 17.6. The van der Waals surface area contributed by atoms with Gasteiger partial charge in [0.05, 0.1) is 12.3 Å². The summed E-state index contributed by atoms with van der Waals surface area (Å²) in [6.07, 6.45) is 0. The van der Waals surface area contributed by atoms with Gasteiger partial charge in [0.2, 0.25) is 0 Å². The van der Waals surface area contributed by atoms with E-state index < -0.39 is 0 Å². The molecule has 0 spiro atoms. The molecule has 2 aromatic carbocycles. The third kappa shape index (κ3) is 4.17. The van der Waals surface area contributed by atoms with E-state index in [-0.39, 0.29) is 6.03 Å². The standard InChI is InChI=1S/C19H20N4O2/c1-3-25-16-11-9-15(10-12-16)20-19(24)21-18-13-17(23(2)22-18)14-7-5-4-6-8-14/h4-13H,3H2,1-2H3,(H2,20,21,22,24). The smallest absolute Gasteiger partial charge is 0.324 e. The first-order valence-corrected chi connectivity index (χ1v) is 8.06. The highest BCUT2D eigenvalue weighted by molar-refractivity contribution is 5.99. The predicted octanol–water partition coefficient (Wildman–Crippen LogP) is 4.13. The van der Waals surface area contributed by atoms with E-state index >= 15 is 0 Å². The van der Waals surface area contributed by atoms with Crippen molar-refractivity contribution in [2.75, 3.05) is 17.2 Å². The Labute approximate surface area is 146 Å². The molecular weight excluding hydrogens is 316 g/mol. The fourth-order valence-electron chi connectivity index (χ4n) is 2.49. The Morgan fingerprint density at radius 1 is 1.08 bits per heavy atom. The van der Waals surface area contributed by atoms with Gasteiger partial charge in [0, 0.05) is 18.8 Å². The predicted molar refractivity (Wildman–Crippen MR) is 98.9 cm³/mol. The van der Waals surface area contributed by atoms with Crippen LogP contribution in [0, 0.1) is 0 Å². The zero-order valence-corrected chi connectivity index (χ0v) is 14.2. The van der Waals surface area contributed by atoms with Crippen LogP contribution in [0.25, 0.3) is 11.3 Å². The third-order valence-corrected chi connectivity index (χ3v) is 3.61. The number of nitrogens with zero attached hydrogens (tertiary/aromatic N) is 2. The van der Waals surface area contributed by atoms with Crippen molar-refractivity contribution >= 4 is 17.5 Å². The van der Waals surface area contributed by atoms with E-state index in [0.29, 0.717) is 18.1 Å². The van der Waals surface area contributed by atoms with Gasteiger partial charge in [-0.2, -0.15) is 5.10 Å². The number of amides is 2. The van der Waals surface area contributed by atoms with Gasteiger partial charge in [0.1, 0.15) is 5.75 Å². The number of benzene rings is 2. The normalized spacial score (nSPS) is 10.3. The van der Waals surface area contributed by atoms with Crippen LogP contribution in [0.5, 0.6) is 5.75 Å². The topological polar surface area (TPSA) is 68.2 Å². The molecule has 128 valence electrons. The zero-order valence-electron chi connectivity index (χ0n) is 14.2. The maximum atomic E-state index is 12.1. The minimum atomic E-state index is -0.345. The van der Waals surface area contributed by atoms with Gasteiger partial charge in [0.25, 0.3) is 0 Å². The van der Waals surface area contributed by atoms with Gasteiger partial charge in [-0.3, -0.25) is 10.00 Å². The summed E-state index contributed by atoms with van der Waals surface area (Å²) in [4.78, 5) is 12.1. The summed E-state index contributed by atoms with van der Waals surface area (Å²) >= 11 is 0. The lowest BCUT2D eigenvalue weighted by Crippen LogP contribution is -2.19. The monoisotopic (exact) mass is 336 g/mol. The molecule has 1 heterocycles. The molecule has 3 rings (SSSR count). The fourth-order valence-corrected chi connectivity index (χ4v) is 2.49. The van der Waals surface area contributed by atoms with Gasteiger partial charge < -0.3 is 10.1 Å². The van der Waals surface area contributed by atoms with Gasteiger partial charge in [-0.1, -0.05) is 30.3 Å². The van der Waals surface area contributed by atoms with E-state index in [1.165, 1.54) is 0 Å². The molecule has 0 saturated carbocycles. The molecule has 2 amide bonds. The largest absolute Gasteiger partial charge is 0.494 e. The summed E-state index contributed by atoms with van der Waals surface area (Å²) in [5, 5.41) is 9.85. The number of nitrogens with one attached hydrogen (secondary N) is 2.